The molecule has 0 saturated carbocycles. The van der Waals surface area contributed by atoms with Crippen LogP contribution < -0.4 is 4.74 Å². The van der Waals surface area contributed by atoms with Crippen LogP contribution >= 0.6 is 45.2 Å². The molecule has 0 unspecified atom stereocenters. The van der Waals surface area contributed by atoms with E-state index in [0.29, 0.717) is 17.7 Å². The summed E-state index contributed by atoms with van der Waals surface area (Å²) in [5.74, 6) is 1.66. The van der Waals surface area contributed by atoms with E-state index in [4.69, 9.17) is 75.5 Å². The number of hydrogen-bond acceptors (Lipinski definition) is 39. The summed E-state index contributed by atoms with van der Waals surface area (Å²) in [5, 5.41) is 231. The number of hydrogen-bond donors (Lipinski definition) is 21. The first-order valence-electron chi connectivity index (χ1n) is 35.5. The van der Waals surface area contributed by atoms with E-state index in [1.807, 2.05) is 36.4 Å². The first kappa shape index (κ1) is 87.8. The van der Waals surface area contributed by atoms with Gasteiger partial charge in [0.25, 0.3) is 0 Å². The number of unbranched alkanes of at least 4 members (excludes halogenated alkanes) is 1. The third kappa shape index (κ3) is 18.8. The zero-order chi connectivity index (χ0) is 78.4. The van der Waals surface area contributed by atoms with Gasteiger partial charge >= 0.3 is 0 Å². The van der Waals surface area contributed by atoms with Crippen LogP contribution in [0.15, 0.2) is 40.8 Å². The summed E-state index contributed by atoms with van der Waals surface area (Å²) in [6.07, 6.45) is -67.4. The van der Waals surface area contributed by atoms with Crippen LogP contribution in [0.25, 0.3) is 11.0 Å². The largest absolute Gasteiger partial charge is 0.490 e. The number of carbonyl (C=O) groups is 1. The summed E-state index contributed by atoms with van der Waals surface area (Å²) >= 11 is 4.54. The molecule has 0 spiro atoms. The number of likely N-dealkylation sites (N-methyl/N-ethyl adjacent to an activating group) is 1. The Morgan fingerprint density at radius 3 is 0.917 bits per heavy atom. The molecule has 21 saturated heterocycles. The second-order valence-electron chi connectivity index (χ2n) is 27.1. The average Bonchev–Trinajstić information content (AvgIpc) is 1.34. The average molecular weight is 1780 g/mol. The van der Waals surface area contributed by atoms with Gasteiger partial charge in [-0.3, -0.25) is 4.79 Å². The van der Waals surface area contributed by atoms with Crippen molar-refractivity contribution in [1.29, 1.82) is 0 Å². The lowest BCUT2D eigenvalue weighted by atomic mass is 9.95. The normalized spacial score (nSPS) is 42.8. The van der Waals surface area contributed by atoms with Crippen molar-refractivity contribution in [2.75, 3.05) is 72.5 Å². The van der Waals surface area contributed by atoms with Crippen LogP contribution in [0.5, 0.6) is 5.75 Å². The zero-order valence-electron chi connectivity index (χ0n) is 58.6. The van der Waals surface area contributed by atoms with Crippen molar-refractivity contribution in [2.45, 2.75) is 255 Å². The highest BCUT2D eigenvalue weighted by molar-refractivity contribution is 14.1. The van der Waals surface area contributed by atoms with Crippen molar-refractivity contribution in [1.82, 2.24) is 4.90 Å². The Morgan fingerprint density at radius 2 is 0.667 bits per heavy atom. The molecule has 0 radical (unpaired) electrons. The predicted octanol–water partition coefficient (Wildman–Crippen LogP) is -8.29. The molecule has 22 heterocycles. The van der Waals surface area contributed by atoms with Gasteiger partial charge < -0.3 is 188 Å². The molecule has 108 heavy (non-hydrogen) atoms. The summed E-state index contributed by atoms with van der Waals surface area (Å²) in [6.45, 7) is 2.69. The lowest BCUT2D eigenvalue weighted by Crippen LogP contribution is -2.68. The number of aliphatic hydroxyl groups excluding tert-OH is 21. The molecule has 614 valence electrons. The number of benzene rings is 2. The lowest BCUT2D eigenvalue weighted by Gasteiger charge is -2.50. The minimum atomic E-state index is -2.21. The highest BCUT2D eigenvalue weighted by Gasteiger charge is 2.60. The van der Waals surface area contributed by atoms with Crippen molar-refractivity contribution in [3.05, 3.63) is 60.4 Å². The van der Waals surface area contributed by atoms with Crippen LogP contribution in [0.4, 0.5) is 0 Å². The Hall–Kier alpha value is -2.53. The summed E-state index contributed by atoms with van der Waals surface area (Å²) in [7, 11) is 0. The van der Waals surface area contributed by atoms with Crippen LogP contribution in [-0.4, -0.2) is 405 Å². The third-order valence-corrected chi connectivity index (χ3v) is 21.8. The van der Waals surface area contributed by atoms with Gasteiger partial charge in [-0.15, -0.1) is 0 Å². The molecule has 21 aliphatic heterocycles. The Morgan fingerprint density at radius 1 is 0.398 bits per heavy atom. The zero-order valence-corrected chi connectivity index (χ0v) is 62.9. The number of aryl methyl sites for hydroxylation is 1. The van der Waals surface area contributed by atoms with Crippen LogP contribution in [0.3, 0.4) is 0 Å². The molecule has 24 rings (SSSR count). The maximum absolute atomic E-state index is 13.6. The van der Waals surface area contributed by atoms with Gasteiger partial charge in [-0.2, -0.15) is 0 Å². The molecule has 39 nitrogen and oxygen atoms in total. The molecule has 21 fully saturated rings. The fourth-order valence-corrected chi connectivity index (χ4v) is 16.1. The number of rotatable bonds is 18. The van der Waals surface area contributed by atoms with E-state index < -0.39 is 261 Å². The number of para-hydroxylation sites is 1. The number of ether oxygens (including phenoxy) is 15. The van der Waals surface area contributed by atoms with Gasteiger partial charge in [-0.1, -0.05) is 45.4 Å². The highest BCUT2D eigenvalue weighted by atomic mass is 127. The maximum Gasteiger partial charge on any atom is 0.197 e. The molecule has 3 aromatic rings. The Bertz CT molecular complexity index is 2910. The lowest BCUT2D eigenvalue weighted by molar-refractivity contribution is -0.396. The fraction of sp³-hybridized carbons (Fsp3) is 0.776. The standard InChI is InChI=1S/C42H70O35.C25H29I2NO3/c43-1-8-29-15(50)22(57)36(64-8)72-30-9(2-44)66-38(24(59)17(30)52)74-32-11(4-46)68-40(26(61)19(32)54)76-34-13(6-48)70-42(28(63)21(34)56)77-35-14(7-49)69-41(27(62)20(35)55)75-33-12(5-47)67-39(25(60)18(33)53)73-31-10(3-45)65-37(71-29)23(58)16(31)51;1-4-7-11-22-23(18-10-8-9-12-21(18)31-22)24(29)17-15-19(26)25(20(27)16-17)30-14-13-28(5-2)6-3/h8-63H,1-7H2;8-10,12,15-16H,4-7,11,13-14H2,1-3H3/t8-,9-,10-,11-,12-,13-,14-,15-,16-,17-,18-,19-,20-,21-,22-,23-,24-,25-,26-,27-,28-,29-,30-,31-,32-,33-,34-,35-,36-,37-,38-,39-,40-,41-,42-;/m1./s1. The molecule has 35 atom stereocenters. The molecule has 2 aromatic carbocycles. The smallest absolute Gasteiger partial charge is 0.197 e. The van der Waals surface area contributed by atoms with Crippen LogP contribution in [-0.2, 0) is 72.7 Å². The van der Waals surface area contributed by atoms with E-state index in [-0.39, 0.29) is 5.78 Å². The van der Waals surface area contributed by atoms with E-state index >= 15 is 0 Å². The predicted molar refractivity (Wildman–Crippen MR) is 372 cm³/mol. The molecular weight excluding hydrogens is 1680 g/mol. The Labute approximate surface area is 644 Å². The number of carbonyl (C=O) groups excluding carboxylic acids is 1. The molecule has 14 bridgehead atoms. The van der Waals surface area contributed by atoms with Crippen molar-refractivity contribution in [3.8, 4) is 5.75 Å². The SMILES string of the molecule is CCCCc1oc2ccccc2c1C(=O)c1cc(I)c(OCCN(CC)CC)c(I)c1.OC[C@H]1O[C@@H]2O[C@H]3[C@H](O)[C@@H](O)[C@@H](O[C@H]4[C@H](O)[C@@H](O)[C@@H](O[C@H]5[C@H](O)[C@@H](O)[C@@H](O[C@H]6[C@H](O)[C@@H](O)[C@@H](O[C@H]7[C@H](O)[C@@H](O)[C@@H](O[C@H]8[C@H](O)[C@@H](O)[C@@H](O[C@H]1[C@H](O)[C@H]2O)O[C@@H]8CO)O[C@@H]7CO)O[C@@H]6CO)O[C@@H]5CO)O[C@@H]4CO)O[C@@H]3CO. The van der Waals surface area contributed by atoms with Gasteiger partial charge in [0, 0.05) is 23.9 Å². The van der Waals surface area contributed by atoms with Crippen molar-refractivity contribution < 1.29 is 188 Å². The topological polar surface area (TPSA) is 597 Å². The highest BCUT2D eigenvalue weighted by Crippen LogP contribution is 2.41. The molecule has 21 aliphatic rings. The van der Waals surface area contributed by atoms with Gasteiger partial charge in [-0.05, 0) is 82.9 Å². The first-order valence-corrected chi connectivity index (χ1v) is 37.7. The molecular formula is C67H99I2NO38. The van der Waals surface area contributed by atoms with Crippen LogP contribution in [0.1, 0.15) is 55.3 Å². The molecule has 1 aromatic heterocycles. The van der Waals surface area contributed by atoms with Gasteiger partial charge in [0.15, 0.2) is 49.8 Å². The van der Waals surface area contributed by atoms with Crippen molar-refractivity contribution >= 4 is 61.9 Å². The molecule has 0 aliphatic carbocycles. The van der Waals surface area contributed by atoms with E-state index in [1.54, 1.807) is 0 Å². The second-order valence-corrected chi connectivity index (χ2v) is 29.4. The molecule has 41 heteroatoms. The van der Waals surface area contributed by atoms with Crippen molar-refractivity contribution in [2.24, 2.45) is 0 Å². The number of nitrogens with zero attached hydrogens (tertiary/aromatic N) is 1. The molecule has 21 N–H and O–H groups in total. The summed E-state index contributed by atoms with van der Waals surface area (Å²) in [4.78, 5) is 15.9. The maximum atomic E-state index is 13.6. The number of halogens is 2. The van der Waals surface area contributed by atoms with Gasteiger partial charge in [0.2, 0.25) is 0 Å². The minimum Gasteiger partial charge on any atom is -0.490 e. The minimum absolute atomic E-state index is 0.0153. The van der Waals surface area contributed by atoms with E-state index in [9.17, 15) is 112 Å². The summed E-state index contributed by atoms with van der Waals surface area (Å²) < 4.78 is 93.5. The monoisotopic (exact) mass is 1780 g/mol. The van der Waals surface area contributed by atoms with Crippen LogP contribution in [0, 0.1) is 7.14 Å². The quantitative estimate of drug-likeness (QED) is 0.0415. The van der Waals surface area contributed by atoms with E-state index in [1.165, 1.54) is 0 Å². The van der Waals surface area contributed by atoms with E-state index in [0.717, 1.165) is 68.5 Å². The van der Waals surface area contributed by atoms with Gasteiger partial charge in [-0.25, -0.2) is 0 Å². The Kier molecular flexibility index (Phi) is 32.1. The second kappa shape index (κ2) is 39.4. The first-order chi connectivity index (χ1) is 51.6. The Balaban J connectivity index is 0.000000334. The van der Waals surface area contributed by atoms with Gasteiger partial charge in [0.05, 0.1) is 59.0 Å². The number of aliphatic hydroxyl groups is 21. The number of fused-ring (bicyclic) bond motifs is 1. The number of furan rings is 1. The summed E-state index contributed by atoms with van der Waals surface area (Å²) in [5.41, 5.74) is 2.15. The fourth-order valence-electron chi connectivity index (χ4n) is 14.1. The third-order valence-electron chi connectivity index (χ3n) is 20.2. The van der Waals surface area contributed by atoms with Crippen LogP contribution in [0.2, 0.25) is 0 Å². The van der Waals surface area contributed by atoms with E-state index in [2.05, 4.69) is 70.9 Å². The summed E-state index contributed by atoms with van der Waals surface area (Å²) in [6, 6.07) is 11.7. The molecule has 0 amide bonds. The van der Waals surface area contributed by atoms with Crippen molar-refractivity contribution in [3.63, 3.8) is 0 Å². The van der Waals surface area contributed by atoms with Gasteiger partial charge in [0.1, 0.15) is 195 Å². The number of ketones is 1.